The van der Waals surface area contributed by atoms with Gasteiger partial charge >= 0.3 is 5.97 Å². The molecule has 1 aliphatic rings. The zero-order chi connectivity index (χ0) is 11.4. The Bertz CT molecular complexity index is 220. The minimum absolute atomic E-state index is 0.152. The van der Waals surface area contributed by atoms with Gasteiger partial charge < -0.3 is 9.84 Å². The molecule has 0 aliphatic carbocycles. The molecule has 15 heavy (non-hydrogen) atoms. The second kappa shape index (κ2) is 5.47. The summed E-state index contributed by atoms with van der Waals surface area (Å²) in [6.07, 6.45) is 1.13. The Hall–Kier alpha value is -0.610. The van der Waals surface area contributed by atoms with E-state index in [9.17, 15) is 9.90 Å². The summed E-state index contributed by atoms with van der Waals surface area (Å²) in [7, 11) is 1.40. The van der Waals surface area contributed by atoms with Gasteiger partial charge in [0.25, 0.3) is 0 Å². The van der Waals surface area contributed by atoms with Gasteiger partial charge in [-0.05, 0) is 25.8 Å². The van der Waals surface area contributed by atoms with Crippen LogP contribution in [0.2, 0.25) is 0 Å². The fourth-order valence-electron chi connectivity index (χ4n) is 1.93. The number of carbonyl (C=O) groups is 1. The van der Waals surface area contributed by atoms with Crippen molar-refractivity contribution in [1.82, 2.24) is 4.90 Å². The molecule has 1 fully saturated rings. The molecule has 0 saturated carbocycles. The van der Waals surface area contributed by atoms with Crippen LogP contribution < -0.4 is 0 Å². The molecule has 0 aromatic heterocycles. The van der Waals surface area contributed by atoms with E-state index in [0.29, 0.717) is 18.9 Å². The van der Waals surface area contributed by atoms with Crippen molar-refractivity contribution in [3.63, 3.8) is 0 Å². The molecule has 0 spiro atoms. The molecule has 1 heterocycles. The highest BCUT2D eigenvalue weighted by Gasteiger charge is 2.27. The number of hydrogen-bond acceptors (Lipinski definition) is 4. The van der Waals surface area contributed by atoms with Crippen LogP contribution in [-0.2, 0) is 9.53 Å². The molecule has 4 heteroatoms. The van der Waals surface area contributed by atoms with Crippen LogP contribution in [0.3, 0.4) is 0 Å². The van der Waals surface area contributed by atoms with Gasteiger partial charge in [0.1, 0.15) is 0 Å². The van der Waals surface area contributed by atoms with Gasteiger partial charge in [-0.2, -0.15) is 0 Å². The van der Waals surface area contributed by atoms with Crippen molar-refractivity contribution in [3.8, 4) is 0 Å². The van der Waals surface area contributed by atoms with Crippen LogP contribution in [-0.4, -0.2) is 48.3 Å². The Labute approximate surface area is 91.2 Å². The van der Waals surface area contributed by atoms with Crippen LogP contribution in [0.1, 0.15) is 26.7 Å². The first-order valence-electron chi connectivity index (χ1n) is 5.53. The highest BCUT2D eigenvalue weighted by atomic mass is 16.5. The van der Waals surface area contributed by atoms with Crippen molar-refractivity contribution in [1.29, 1.82) is 0 Å². The standard InChI is InChI=1S/C11H21NO3/c1-8-4-5-12(7-10(8)13)9(2)6-11(14)15-3/h8-10,13H,4-7H2,1-3H3. The fourth-order valence-corrected chi connectivity index (χ4v) is 1.93. The van der Waals surface area contributed by atoms with Gasteiger partial charge in [-0.25, -0.2) is 0 Å². The van der Waals surface area contributed by atoms with Gasteiger partial charge in [0, 0.05) is 12.6 Å². The highest BCUT2D eigenvalue weighted by Crippen LogP contribution is 2.19. The van der Waals surface area contributed by atoms with E-state index in [2.05, 4.69) is 16.6 Å². The molecule has 1 aliphatic heterocycles. The van der Waals surface area contributed by atoms with Gasteiger partial charge in [0.05, 0.1) is 19.6 Å². The predicted octanol–water partition coefficient (Wildman–Crippen LogP) is 0.641. The molecule has 1 rings (SSSR count). The summed E-state index contributed by atoms with van der Waals surface area (Å²) in [6, 6.07) is 0.152. The molecule has 4 nitrogen and oxygen atoms in total. The maximum Gasteiger partial charge on any atom is 0.307 e. The number of ether oxygens (including phenoxy) is 1. The Morgan fingerprint density at radius 1 is 1.67 bits per heavy atom. The van der Waals surface area contributed by atoms with E-state index in [1.54, 1.807) is 0 Å². The lowest BCUT2D eigenvalue weighted by Gasteiger charge is -2.37. The number of aliphatic hydroxyl groups is 1. The highest BCUT2D eigenvalue weighted by molar-refractivity contribution is 5.69. The lowest BCUT2D eigenvalue weighted by molar-refractivity contribution is -0.142. The van der Waals surface area contributed by atoms with Gasteiger partial charge in [0.2, 0.25) is 0 Å². The van der Waals surface area contributed by atoms with Crippen molar-refractivity contribution >= 4 is 5.97 Å². The smallest absolute Gasteiger partial charge is 0.307 e. The predicted molar refractivity (Wildman–Crippen MR) is 57.5 cm³/mol. The van der Waals surface area contributed by atoms with E-state index >= 15 is 0 Å². The Morgan fingerprint density at radius 3 is 2.87 bits per heavy atom. The minimum atomic E-state index is -0.265. The number of carbonyl (C=O) groups excluding carboxylic acids is 1. The summed E-state index contributed by atoms with van der Waals surface area (Å²) in [5.74, 6) is 0.183. The number of hydrogen-bond donors (Lipinski definition) is 1. The molecular formula is C11H21NO3. The number of methoxy groups -OCH3 is 1. The topological polar surface area (TPSA) is 49.8 Å². The third kappa shape index (κ3) is 3.47. The Kier molecular flexibility index (Phi) is 4.54. The molecular weight excluding hydrogens is 194 g/mol. The molecule has 0 radical (unpaired) electrons. The van der Waals surface area contributed by atoms with E-state index < -0.39 is 0 Å². The summed E-state index contributed by atoms with van der Waals surface area (Å²) in [6.45, 7) is 5.68. The van der Waals surface area contributed by atoms with Crippen molar-refractivity contribution in [2.75, 3.05) is 20.2 Å². The molecule has 1 N–H and O–H groups in total. The third-order valence-electron chi connectivity index (χ3n) is 3.26. The van der Waals surface area contributed by atoms with Gasteiger partial charge in [0.15, 0.2) is 0 Å². The number of likely N-dealkylation sites (tertiary alicyclic amines) is 1. The summed E-state index contributed by atoms with van der Waals surface area (Å²) in [4.78, 5) is 13.3. The molecule has 0 amide bonds. The van der Waals surface area contributed by atoms with Gasteiger partial charge in [-0.15, -0.1) is 0 Å². The average molecular weight is 215 g/mol. The number of aliphatic hydroxyl groups excluding tert-OH is 1. The van der Waals surface area contributed by atoms with E-state index in [4.69, 9.17) is 0 Å². The molecule has 0 bridgehead atoms. The average Bonchev–Trinajstić information content (AvgIpc) is 2.21. The zero-order valence-corrected chi connectivity index (χ0v) is 9.77. The van der Waals surface area contributed by atoms with E-state index in [1.165, 1.54) is 7.11 Å². The van der Waals surface area contributed by atoms with Crippen LogP contribution in [0.25, 0.3) is 0 Å². The number of rotatable bonds is 3. The molecule has 0 aromatic carbocycles. The van der Waals surface area contributed by atoms with Crippen LogP contribution in [0.15, 0.2) is 0 Å². The quantitative estimate of drug-likeness (QED) is 0.702. The maximum absolute atomic E-state index is 11.1. The normalized spacial score (nSPS) is 29.9. The Balaban J connectivity index is 2.40. The van der Waals surface area contributed by atoms with Crippen LogP contribution >= 0.6 is 0 Å². The molecule has 88 valence electrons. The maximum atomic E-state index is 11.1. The lowest BCUT2D eigenvalue weighted by Crippen LogP contribution is -2.47. The summed E-state index contributed by atoms with van der Waals surface area (Å²) in [5.41, 5.74) is 0. The number of β-amino-alcohol motifs (C(OH)–C–C–N with tert-alkyl or cyclic N) is 1. The van der Waals surface area contributed by atoms with Gasteiger partial charge in [-0.3, -0.25) is 9.69 Å². The second-order valence-corrected chi connectivity index (χ2v) is 4.46. The number of nitrogens with zero attached hydrogens (tertiary/aromatic N) is 1. The first-order valence-corrected chi connectivity index (χ1v) is 5.53. The van der Waals surface area contributed by atoms with E-state index in [1.807, 2.05) is 6.92 Å². The molecule has 3 atom stereocenters. The van der Waals surface area contributed by atoms with Crippen LogP contribution in [0.4, 0.5) is 0 Å². The Morgan fingerprint density at radius 2 is 2.33 bits per heavy atom. The summed E-state index contributed by atoms with van der Waals surface area (Å²) >= 11 is 0. The SMILES string of the molecule is COC(=O)CC(C)N1CCC(C)C(O)C1. The van der Waals surface area contributed by atoms with E-state index in [-0.39, 0.29) is 18.1 Å². The molecule has 3 unspecified atom stereocenters. The third-order valence-corrected chi connectivity index (χ3v) is 3.26. The molecule has 0 aromatic rings. The second-order valence-electron chi connectivity index (χ2n) is 4.46. The van der Waals surface area contributed by atoms with Crippen LogP contribution in [0, 0.1) is 5.92 Å². The summed E-state index contributed by atoms with van der Waals surface area (Å²) < 4.78 is 4.63. The fraction of sp³-hybridized carbons (Fsp3) is 0.909. The number of piperidine rings is 1. The van der Waals surface area contributed by atoms with Gasteiger partial charge in [-0.1, -0.05) is 6.92 Å². The first kappa shape index (κ1) is 12.5. The largest absolute Gasteiger partial charge is 0.469 e. The summed E-state index contributed by atoms with van der Waals surface area (Å²) in [5, 5.41) is 9.73. The molecule has 1 saturated heterocycles. The minimum Gasteiger partial charge on any atom is -0.469 e. The van der Waals surface area contributed by atoms with Crippen molar-refractivity contribution in [2.24, 2.45) is 5.92 Å². The van der Waals surface area contributed by atoms with Crippen molar-refractivity contribution in [3.05, 3.63) is 0 Å². The monoisotopic (exact) mass is 215 g/mol. The van der Waals surface area contributed by atoms with E-state index in [0.717, 1.165) is 13.0 Å². The number of esters is 1. The zero-order valence-electron chi connectivity index (χ0n) is 9.77. The van der Waals surface area contributed by atoms with Crippen molar-refractivity contribution in [2.45, 2.75) is 38.8 Å². The lowest BCUT2D eigenvalue weighted by atomic mass is 9.95. The van der Waals surface area contributed by atoms with Crippen molar-refractivity contribution < 1.29 is 14.6 Å². The first-order chi connectivity index (χ1) is 7.04. The van der Waals surface area contributed by atoms with Crippen LogP contribution in [0.5, 0.6) is 0 Å².